The summed E-state index contributed by atoms with van der Waals surface area (Å²) in [5, 5.41) is 11.1. The fraction of sp³-hybridized carbons (Fsp3) is 0.500. The molecule has 2 aromatic rings. The molecule has 0 aromatic carbocycles. The van der Waals surface area contributed by atoms with Gasteiger partial charge in [0.15, 0.2) is 0 Å². The molecule has 3 heterocycles. The lowest BCUT2D eigenvalue weighted by Crippen LogP contribution is -2.41. The second-order valence-corrected chi connectivity index (χ2v) is 5.45. The minimum atomic E-state index is 0.0600. The number of aromatic nitrogens is 4. The van der Waals surface area contributed by atoms with E-state index < -0.39 is 0 Å². The minimum absolute atomic E-state index is 0.0600. The molecule has 20 heavy (non-hydrogen) atoms. The highest BCUT2D eigenvalue weighted by Gasteiger charge is 2.27. The van der Waals surface area contributed by atoms with Crippen molar-refractivity contribution >= 4 is 5.91 Å². The lowest BCUT2D eigenvalue weighted by molar-refractivity contribution is 0.0672. The molecule has 3 rings (SSSR count). The van der Waals surface area contributed by atoms with Crippen LogP contribution >= 0.6 is 0 Å². The van der Waals surface area contributed by atoms with Gasteiger partial charge in [-0.2, -0.15) is 10.2 Å². The summed E-state index contributed by atoms with van der Waals surface area (Å²) in [7, 11) is 0. The molecule has 1 atom stereocenters. The zero-order valence-electron chi connectivity index (χ0n) is 11.8. The van der Waals surface area contributed by atoms with Crippen LogP contribution in [0.15, 0.2) is 18.6 Å². The van der Waals surface area contributed by atoms with Gasteiger partial charge in [-0.25, -0.2) is 0 Å². The van der Waals surface area contributed by atoms with Crippen LogP contribution < -0.4 is 0 Å². The number of likely N-dealkylation sites (tertiary alicyclic amines) is 1. The quantitative estimate of drug-likeness (QED) is 0.905. The molecule has 0 spiro atoms. The molecule has 1 N–H and O–H groups in total. The van der Waals surface area contributed by atoms with Crippen LogP contribution in [-0.4, -0.2) is 43.9 Å². The van der Waals surface area contributed by atoms with Gasteiger partial charge in [0.05, 0.1) is 24.0 Å². The van der Waals surface area contributed by atoms with Crippen molar-refractivity contribution in [3.8, 4) is 0 Å². The Balaban J connectivity index is 1.75. The number of carbonyl (C=O) groups is 1. The van der Waals surface area contributed by atoms with Gasteiger partial charge < -0.3 is 4.90 Å². The zero-order valence-corrected chi connectivity index (χ0v) is 11.8. The van der Waals surface area contributed by atoms with E-state index in [1.165, 1.54) is 0 Å². The van der Waals surface area contributed by atoms with Gasteiger partial charge in [-0.1, -0.05) is 0 Å². The lowest BCUT2D eigenvalue weighted by atomic mass is 10.0. The van der Waals surface area contributed by atoms with Gasteiger partial charge in [0.25, 0.3) is 5.91 Å². The third-order valence-electron chi connectivity index (χ3n) is 3.85. The number of hydrogen-bond acceptors (Lipinski definition) is 3. The summed E-state index contributed by atoms with van der Waals surface area (Å²) < 4.78 is 1.98. The first-order valence-corrected chi connectivity index (χ1v) is 6.95. The Hall–Kier alpha value is -2.11. The molecule has 1 saturated heterocycles. The Morgan fingerprint density at radius 3 is 2.90 bits per heavy atom. The summed E-state index contributed by atoms with van der Waals surface area (Å²) in [6.45, 7) is 5.42. The third-order valence-corrected chi connectivity index (χ3v) is 3.85. The Morgan fingerprint density at radius 2 is 2.25 bits per heavy atom. The van der Waals surface area contributed by atoms with Gasteiger partial charge in [-0.15, -0.1) is 0 Å². The summed E-state index contributed by atoms with van der Waals surface area (Å²) in [4.78, 5) is 14.4. The largest absolute Gasteiger partial charge is 0.336 e. The monoisotopic (exact) mass is 273 g/mol. The first-order chi connectivity index (χ1) is 9.65. The molecule has 1 fully saturated rings. The van der Waals surface area contributed by atoms with Crippen LogP contribution in [-0.2, 0) is 0 Å². The first-order valence-electron chi connectivity index (χ1n) is 6.95. The summed E-state index contributed by atoms with van der Waals surface area (Å²) in [6, 6.07) is 0.272. The molecule has 6 heteroatoms. The van der Waals surface area contributed by atoms with Gasteiger partial charge >= 0.3 is 0 Å². The second kappa shape index (κ2) is 5.11. The van der Waals surface area contributed by atoms with E-state index in [0.717, 1.165) is 30.6 Å². The molecule has 0 saturated carbocycles. The number of rotatable bonds is 2. The van der Waals surface area contributed by atoms with Crippen LogP contribution in [0.25, 0.3) is 0 Å². The highest BCUT2D eigenvalue weighted by atomic mass is 16.2. The smallest absolute Gasteiger partial charge is 0.257 e. The summed E-state index contributed by atoms with van der Waals surface area (Å²) in [5.74, 6) is 0.0600. The lowest BCUT2D eigenvalue weighted by Gasteiger charge is -2.32. The molecule has 0 radical (unpaired) electrons. The standard InChI is InChI=1S/C14H19N5O/c1-10-6-16-19(8-10)12-4-3-5-18(9-12)14(20)13-7-15-17-11(13)2/h6-8,12H,3-5,9H2,1-2H3,(H,15,17)/t12-/m1/s1. The number of H-pyrrole nitrogens is 1. The SMILES string of the molecule is Cc1cnn([C@@H]2CCCN(C(=O)c3cn[nH]c3C)C2)c1. The van der Waals surface area contributed by atoms with Crippen molar-refractivity contribution in [2.75, 3.05) is 13.1 Å². The van der Waals surface area contributed by atoms with E-state index in [9.17, 15) is 4.79 Å². The number of carbonyl (C=O) groups excluding carboxylic acids is 1. The van der Waals surface area contributed by atoms with Crippen LogP contribution in [0.5, 0.6) is 0 Å². The van der Waals surface area contributed by atoms with Crippen molar-refractivity contribution in [1.82, 2.24) is 24.9 Å². The maximum Gasteiger partial charge on any atom is 0.257 e. The second-order valence-electron chi connectivity index (χ2n) is 5.45. The number of aryl methyl sites for hydroxylation is 2. The van der Waals surface area contributed by atoms with E-state index in [0.29, 0.717) is 12.1 Å². The summed E-state index contributed by atoms with van der Waals surface area (Å²) in [6.07, 6.45) is 7.59. The molecule has 106 valence electrons. The van der Waals surface area contributed by atoms with Gasteiger partial charge in [-0.05, 0) is 32.3 Å². The van der Waals surface area contributed by atoms with Crippen molar-refractivity contribution in [2.24, 2.45) is 0 Å². The molecule has 2 aromatic heterocycles. The number of nitrogens with zero attached hydrogens (tertiary/aromatic N) is 4. The molecular weight excluding hydrogens is 254 g/mol. The number of piperidine rings is 1. The van der Waals surface area contributed by atoms with Gasteiger partial charge in [0.1, 0.15) is 0 Å². The summed E-state index contributed by atoms with van der Waals surface area (Å²) >= 11 is 0. The van der Waals surface area contributed by atoms with E-state index >= 15 is 0 Å². The molecule has 0 bridgehead atoms. The van der Waals surface area contributed by atoms with Crippen LogP contribution in [0, 0.1) is 13.8 Å². The summed E-state index contributed by atoms with van der Waals surface area (Å²) in [5.41, 5.74) is 2.65. The fourth-order valence-corrected chi connectivity index (χ4v) is 2.72. The number of hydrogen-bond donors (Lipinski definition) is 1. The Kier molecular flexibility index (Phi) is 3.30. The van der Waals surface area contributed by atoms with Crippen molar-refractivity contribution < 1.29 is 4.79 Å². The molecule has 0 unspecified atom stereocenters. The van der Waals surface area contributed by atoms with E-state index in [2.05, 4.69) is 15.3 Å². The molecule has 1 aliphatic rings. The number of aromatic amines is 1. The van der Waals surface area contributed by atoms with Crippen molar-refractivity contribution in [3.05, 3.63) is 35.4 Å². The highest BCUT2D eigenvalue weighted by molar-refractivity contribution is 5.95. The van der Waals surface area contributed by atoms with Gasteiger partial charge in [0.2, 0.25) is 0 Å². The van der Waals surface area contributed by atoms with Crippen molar-refractivity contribution in [1.29, 1.82) is 0 Å². The van der Waals surface area contributed by atoms with E-state index in [1.54, 1.807) is 6.20 Å². The Bertz CT molecular complexity index is 615. The van der Waals surface area contributed by atoms with Crippen molar-refractivity contribution in [3.63, 3.8) is 0 Å². The molecular formula is C14H19N5O. The predicted octanol–water partition coefficient (Wildman–Crippen LogP) is 1.70. The molecule has 6 nitrogen and oxygen atoms in total. The highest BCUT2D eigenvalue weighted by Crippen LogP contribution is 2.23. The van der Waals surface area contributed by atoms with E-state index in [1.807, 2.05) is 35.8 Å². The normalized spacial score (nSPS) is 19.3. The van der Waals surface area contributed by atoms with Crippen LogP contribution in [0.4, 0.5) is 0 Å². The van der Waals surface area contributed by atoms with Gasteiger partial charge in [-0.3, -0.25) is 14.6 Å². The Labute approximate surface area is 117 Å². The van der Waals surface area contributed by atoms with Gasteiger partial charge in [0, 0.05) is 25.0 Å². The number of amides is 1. The van der Waals surface area contributed by atoms with Crippen LogP contribution in [0.2, 0.25) is 0 Å². The predicted molar refractivity (Wildman–Crippen MR) is 74.5 cm³/mol. The van der Waals surface area contributed by atoms with Crippen LogP contribution in [0.3, 0.4) is 0 Å². The zero-order chi connectivity index (χ0) is 14.1. The molecule has 1 amide bonds. The maximum absolute atomic E-state index is 12.5. The average molecular weight is 273 g/mol. The molecule has 1 aliphatic heterocycles. The Morgan fingerprint density at radius 1 is 1.40 bits per heavy atom. The van der Waals surface area contributed by atoms with Crippen LogP contribution in [0.1, 0.15) is 40.5 Å². The fourth-order valence-electron chi connectivity index (χ4n) is 2.72. The topological polar surface area (TPSA) is 66.8 Å². The first kappa shape index (κ1) is 12.9. The molecule has 0 aliphatic carbocycles. The van der Waals surface area contributed by atoms with E-state index in [-0.39, 0.29) is 11.9 Å². The number of nitrogens with one attached hydrogen (secondary N) is 1. The van der Waals surface area contributed by atoms with Crippen molar-refractivity contribution in [2.45, 2.75) is 32.7 Å². The average Bonchev–Trinajstić information content (AvgIpc) is 3.07. The van der Waals surface area contributed by atoms with E-state index in [4.69, 9.17) is 0 Å². The third kappa shape index (κ3) is 2.33. The maximum atomic E-state index is 12.5. The minimum Gasteiger partial charge on any atom is -0.336 e.